The normalized spacial score (nSPS) is 8.55. The molecule has 11 heavy (non-hydrogen) atoms. The number of nitriles is 2. The highest BCUT2D eigenvalue weighted by molar-refractivity contribution is 5.13. The van der Waals surface area contributed by atoms with Crippen molar-refractivity contribution >= 4 is 0 Å². The van der Waals surface area contributed by atoms with Crippen molar-refractivity contribution < 1.29 is 0 Å². The molecule has 1 aromatic rings. The number of aryl methyl sites for hydroxylation is 1. The fourth-order valence-electron chi connectivity index (χ4n) is 0.623. The van der Waals surface area contributed by atoms with Crippen LogP contribution in [0.2, 0.25) is 0 Å². The standard InChI is InChI=1S/C6H5N5/c7-2-1-3-11-5-6(4-8)9-10-11/h5H,1,3H2. The van der Waals surface area contributed by atoms with Crippen LogP contribution in [-0.4, -0.2) is 15.0 Å². The van der Waals surface area contributed by atoms with E-state index in [2.05, 4.69) is 10.3 Å². The summed E-state index contributed by atoms with van der Waals surface area (Å²) in [6.07, 6.45) is 1.89. The Morgan fingerprint density at radius 1 is 1.55 bits per heavy atom. The van der Waals surface area contributed by atoms with Gasteiger partial charge in [0.15, 0.2) is 5.69 Å². The first-order chi connectivity index (χ1) is 5.36. The quantitative estimate of drug-likeness (QED) is 0.592. The highest BCUT2D eigenvalue weighted by Gasteiger charge is 1.96. The van der Waals surface area contributed by atoms with Crippen LogP contribution in [0.25, 0.3) is 0 Å². The molecular weight excluding hydrogens is 142 g/mol. The van der Waals surface area contributed by atoms with Crippen LogP contribution in [0.5, 0.6) is 0 Å². The monoisotopic (exact) mass is 147 g/mol. The average Bonchev–Trinajstić information content (AvgIpc) is 2.48. The van der Waals surface area contributed by atoms with Gasteiger partial charge in [-0.1, -0.05) is 5.21 Å². The number of aromatic nitrogens is 3. The topological polar surface area (TPSA) is 78.3 Å². The van der Waals surface area contributed by atoms with Crippen molar-refractivity contribution in [1.82, 2.24) is 15.0 Å². The zero-order chi connectivity index (χ0) is 8.10. The minimum atomic E-state index is 0.280. The molecule has 0 saturated heterocycles. The maximum atomic E-state index is 8.35. The number of nitrogens with zero attached hydrogens (tertiary/aromatic N) is 5. The summed E-state index contributed by atoms with van der Waals surface area (Å²) in [7, 11) is 0. The van der Waals surface area contributed by atoms with E-state index in [1.54, 1.807) is 0 Å². The van der Waals surface area contributed by atoms with Gasteiger partial charge in [0.25, 0.3) is 0 Å². The smallest absolute Gasteiger partial charge is 0.182 e. The Morgan fingerprint density at radius 2 is 2.36 bits per heavy atom. The van der Waals surface area contributed by atoms with E-state index in [4.69, 9.17) is 10.5 Å². The van der Waals surface area contributed by atoms with Gasteiger partial charge in [0.2, 0.25) is 0 Å². The fraction of sp³-hybridized carbons (Fsp3) is 0.333. The summed E-state index contributed by atoms with van der Waals surface area (Å²) < 4.78 is 1.47. The maximum Gasteiger partial charge on any atom is 0.182 e. The summed E-state index contributed by atoms with van der Waals surface area (Å²) in [6.45, 7) is 0.491. The maximum absolute atomic E-state index is 8.35. The van der Waals surface area contributed by atoms with Gasteiger partial charge >= 0.3 is 0 Å². The molecule has 0 unspecified atom stereocenters. The van der Waals surface area contributed by atoms with E-state index in [0.29, 0.717) is 13.0 Å². The van der Waals surface area contributed by atoms with Gasteiger partial charge in [0.1, 0.15) is 6.07 Å². The minimum Gasteiger partial charge on any atom is -0.250 e. The highest BCUT2D eigenvalue weighted by atomic mass is 15.4. The molecule has 0 amide bonds. The van der Waals surface area contributed by atoms with Gasteiger partial charge in [0, 0.05) is 0 Å². The van der Waals surface area contributed by atoms with Crippen molar-refractivity contribution in [3.8, 4) is 12.1 Å². The van der Waals surface area contributed by atoms with Gasteiger partial charge in [-0.05, 0) is 0 Å². The lowest BCUT2D eigenvalue weighted by molar-refractivity contribution is 0.600. The first-order valence-corrected chi connectivity index (χ1v) is 3.04. The zero-order valence-electron chi connectivity index (χ0n) is 5.73. The number of hydrogen-bond donors (Lipinski definition) is 0. The second-order valence-corrected chi connectivity index (χ2v) is 1.89. The SMILES string of the molecule is N#CCCn1cc(C#N)nn1. The van der Waals surface area contributed by atoms with Crippen molar-refractivity contribution in [2.75, 3.05) is 0 Å². The minimum absolute atomic E-state index is 0.280. The molecule has 0 radical (unpaired) electrons. The number of hydrogen-bond acceptors (Lipinski definition) is 4. The molecule has 0 atom stereocenters. The van der Waals surface area contributed by atoms with E-state index in [9.17, 15) is 0 Å². The molecule has 0 aromatic carbocycles. The largest absolute Gasteiger partial charge is 0.250 e. The Balaban J connectivity index is 2.62. The first-order valence-electron chi connectivity index (χ1n) is 3.04. The van der Waals surface area contributed by atoms with Crippen LogP contribution in [0.1, 0.15) is 12.1 Å². The van der Waals surface area contributed by atoms with Gasteiger partial charge < -0.3 is 0 Å². The van der Waals surface area contributed by atoms with E-state index < -0.39 is 0 Å². The summed E-state index contributed by atoms with van der Waals surface area (Å²) in [5, 5.41) is 23.7. The summed E-state index contributed by atoms with van der Waals surface area (Å²) in [5.74, 6) is 0. The van der Waals surface area contributed by atoms with E-state index in [1.165, 1.54) is 10.9 Å². The Bertz CT molecular complexity index is 312. The fourth-order valence-corrected chi connectivity index (χ4v) is 0.623. The zero-order valence-corrected chi connectivity index (χ0v) is 5.73. The van der Waals surface area contributed by atoms with Gasteiger partial charge in [-0.25, -0.2) is 0 Å². The second kappa shape index (κ2) is 3.33. The molecule has 0 N–H and O–H groups in total. The van der Waals surface area contributed by atoms with Gasteiger partial charge in [-0.3, -0.25) is 4.68 Å². The molecule has 0 spiro atoms. The number of rotatable bonds is 2. The predicted octanol–water partition coefficient (Wildman–Crippen LogP) is 0.0635. The second-order valence-electron chi connectivity index (χ2n) is 1.89. The molecule has 54 valence electrons. The molecule has 0 saturated carbocycles. The molecule has 0 aliphatic carbocycles. The lowest BCUT2D eigenvalue weighted by Crippen LogP contribution is -1.97. The van der Waals surface area contributed by atoms with Crippen LogP contribution >= 0.6 is 0 Å². The molecule has 1 heterocycles. The summed E-state index contributed by atoms with van der Waals surface area (Å²) in [6, 6.07) is 3.82. The molecule has 0 fully saturated rings. The predicted molar refractivity (Wildman–Crippen MR) is 35.0 cm³/mol. The highest BCUT2D eigenvalue weighted by Crippen LogP contribution is 1.90. The van der Waals surface area contributed by atoms with E-state index in [0.717, 1.165) is 0 Å². The Hall–Kier alpha value is -1.88. The Morgan fingerprint density at radius 3 is 2.91 bits per heavy atom. The Kier molecular flexibility index (Phi) is 2.19. The van der Waals surface area contributed by atoms with Gasteiger partial charge in [-0.2, -0.15) is 10.5 Å². The lowest BCUT2D eigenvalue weighted by atomic mass is 10.5. The van der Waals surface area contributed by atoms with Crippen LogP contribution in [0, 0.1) is 22.7 Å². The van der Waals surface area contributed by atoms with E-state index in [1.807, 2.05) is 12.1 Å². The Labute approximate surface area is 63.5 Å². The molecule has 0 bridgehead atoms. The molecule has 5 nitrogen and oxygen atoms in total. The van der Waals surface area contributed by atoms with Crippen LogP contribution < -0.4 is 0 Å². The third-order valence-corrected chi connectivity index (χ3v) is 1.11. The third-order valence-electron chi connectivity index (χ3n) is 1.11. The molecule has 0 aliphatic heterocycles. The molecule has 0 aliphatic rings. The van der Waals surface area contributed by atoms with Crippen LogP contribution in [-0.2, 0) is 6.54 Å². The van der Waals surface area contributed by atoms with Crippen molar-refractivity contribution in [2.45, 2.75) is 13.0 Å². The van der Waals surface area contributed by atoms with Crippen molar-refractivity contribution in [3.63, 3.8) is 0 Å². The molecule has 1 aromatic heterocycles. The van der Waals surface area contributed by atoms with Crippen LogP contribution in [0.3, 0.4) is 0 Å². The van der Waals surface area contributed by atoms with Crippen LogP contribution in [0.15, 0.2) is 6.20 Å². The molecule has 5 heteroatoms. The summed E-state index contributed by atoms with van der Waals surface area (Å²) >= 11 is 0. The third kappa shape index (κ3) is 1.77. The molecule has 1 rings (SSSR count). The van der Waals surface area contributed by atoms with E-state index in [-0.39, 0.29) is 5.69 Å². The van der Waals surface area contributed by atoms with Gasteiger partial charge in [0.05, 0.1) is 25.2 Å². The lowest BCUT2D eigenvalue weighted by Gasteiger charge is -1.89. The van der Waals surface area contributed by atoms with Crippen LogP contribution in [0.4, 0.5) is 0 Å². The van der Waals surface area contributed by atoms with Crippen molar-refractivity contribution in [1.29, 1.82) is 10.5 Å². The average molecular weight is 147 g/mol. The van der Waals surface area contributed by atoms with Crippen molar-refractivity contribution in [2.24, 2.45) is 0 Å². The van der Waals surface area contributed by atoms with Crippen molar-refractivity contribution in [3.05, 3.63) is 11.9 Å². The first kappa shape index (κ1) is 7.23. The van der Waals surface area contributed by atoms with E-state index >= 15 is 0 Å². The molecular formula is C6H5N5. The summed E-state index contributed by atoms with van der Waals surface area (Å²) in [4.78, 5) is 0. The summed E-state index contributed by atoms with van der Waals surface area (Å²) in [5.41, 5.74) is 0.280. The van der Waals surface area contributed by atoms with Gasteiger partial charge in [-0.15, -0.1) is 5.10 Å².